The average Bonchev–Trinajstić information content (AvgIpc) is 2.25. The molecule has 0 aromatic heterocycles. The molecule has 1 unspecified atom stereocenters. The first-order valence-electron chi connectivity index (χ1n) is 4.72. The third-order valence-corrected chi connectivity index (χ3v) is 1.70. The van der Waals surface area contributed by atoms with E-state index in [0.717, 1.165) is 12.0 Å². The molecule has 1 N–H and O–H groups in total. The zero-order chi connectivity index (χ0) is 10.2. The predicted octanol–water partition coefficient (Wildman–Crippen LogP) is 2.47. The van der Waals surface area contributed by atoms with Crippen molar-refractivity contribution in [3.8, 4) is 11.8 Å². The lowest BCUT2D eigenvalue weighted by molar-refractivity contribution is 0.281. The summed E-state index contributed by atoms with van der Waals surface area (Å²) in [7, 11) is 0. The number of benzene rings is 1. The second-order valence-corrected chi connectivity index (χ2v) is 2.89. The maximum Gasteiger partial charge on any atom is 0.133 e. The van der Waals surface area contributed by atoms with E-state index in [1.807, 2.05) is 43.3 Å². The third-order valence-electron chi connectivity index (χ3n) is 1.70. The molecule has 0 bridgehead atoms. The lowest BCUT2D eigenvalue weighted by Crippen LogP contribution is -1.96. The van der Waals surface area contributed by atoms with Crippen LogP contribution in [0.2, 0.25) is 0 Å². The molecule has 1 nitrogen and oxygen atoms in total. The van der Waals surface area contributed by atoms with Gasteiger partial charge in [0.05, 0.1) is 0 Å². The maximum atomic E-state index is 9.38. The first-order chi connectivity index (χ1) is 6.83. The molecule has 72 valence electrons. The Morgan fingerprint density at radius 1 is 1.36 bits per heavy atom. The summed E-state index contributed by atoms with van der Waals surface area (Å²) in [5.41, 5.74) is 1.07. The van der Waals surface area contributed by atoms with Gasteiger partial charge in [-0.05, 0) is 11.6 Å². The molecule has 0 radical (unpaired) electrons. The molecule has 1 atom stereocenters. The molecular formula is C13H14O. The van der Waals surface area contributed by atoms with E-state index in [1.54, 1.807) is 6.08 Å². The zero-order valence-corrected chi connectivity index (χ0v) is 8.27. The van der Waals surface area contributed by atoms with Gasteiger partial charge in [0.1, 0.15) is 6.10 Å². The van der Waals surface area contributed by atoms with Gasteiger partial charge in [-0.1, -0.05) is 49.3 Å². The molecule has 1 heteroatoms. The van der Waals surface area contributed by atoms with Crippen LogP contribution in [0.25, 0.3) is 6.08 Å². The molecule has 0 amide bonds. The minimum atomic E-state index is -0.657. The van der Waals surface area contributed by atoms with Crippen LogP contribution in [0.5, 0.6) is 0 Å². The number of hydrogen-bond donors (Lipinski definition) is 1. The first-order valence-corrected chi connectivity index (χ1v) is 4.72. The molecule has 1 aromatic rings. The van der Waals surface area contributed by atoms with Gasteiger partial charge in [0.15, 0.2) is 0 Å². The summed E-state index contributed by atoms with van der Waals surface area (Å²) in [6.45, 7) is 1.96. The van der Waals surface area contributed by atoms with Gasteiger partial charge in [-0.25, -0.2) is 0 Å². The van der Waals surface area contributed by atoms with E-state index in [-0.39, 0.29) is 0 Å². The highest BCUT2D eigenvalue weighted by Gasteiger charge is 1.90. The maximum absolute atomic E-state index is 9.38. The molecule has 1 rings (SSSR count). The summed E-state index contributed by atoms with van der Waals surface area (Å²) in [5.74, 6) is 5.55. The molecule has 0 aliphatic carbocycles. The third kappa shape index (κ3) is 3.93. The van der Waals surface area contributed by atoms with E-state index >= 15 is 0 Å². The number of hydrogen-bond acceptors (Lipinski definition) is 1. The predicted molar refractivity (Wildman–Crippen MR) is 59.5 cm³/mol. The van der Waals surface area contributed by atoms with Gasteiger partial charge in [0.2, 0.25) is 0 Å². The van der Waals surface area contributed by atoms with Crippen LogP contribution in [0.3, 0.4) is 0 Å². The molecule has 0 aliphatic rings. The minimum Gasteiger partial charge on any atom is -0.377 e. The van der Waals surface area contributed by atoms with Crippen molar-refractivity contribution in [1.82, 2.24) is 0 Å². The van der Waals surface area contributed by atoms with Crippen LogP contribution in [-0.4, -0.2) is 11.2 Å². The van der Waals surface area contributed by atoms with Crippen molar-refractivity contribution in [2.75, 3.05) is 0 Å². The fourth-order valence-corrected chi connectivity index (χ4v) is 1.02. The summed E-state index contributed by atoms with van der Waals surface area (Å²) >= 11 is 0. The van der Waals surface area contributed by atoms with Crippen LogP contribution in [0.1, 0.15) is 18.9 Å². The second-order valence-electron chi connectivity index (χ2n) is 2.89. The molecule has 1 aromatic carbocycles. The highest BCUT2D eigenvalue weighted by Crippen LogP contribution is 2.01. The Labute approximate surface area is 85.1 Å². The molecule has 0 aliphatic heterocycles. The zero-order valence-electron chi connectivity index (χ0n) is 8.27. The lowest BCUT2D eigenvalue weighted by Gasteiger charge is -1.94. The quantitative estimate of drug-likeness (QED) is 0.703. The van der Waals surface area contributed by atoms with E-state index in [2.05, 4.69) is 11.8 Å². The molecule has 0 heterocycles. The largest absolute Gasteiger partial charge is 0.377 e. The lowest BCUT2D eigenvalue weighted by atomic mass is 10.2. The number of aliphatic hydroxyl groups is 1. The smallest absolute Gasteiger partial charge is 0.133 e. The van der Waals surface area contributed by atoms with Crippen molar-refractivity contribution < 1.29 is 5.11 Å². The Hall–Kier alpha value is -1.52. The molecule has 0 saturated carbocycles. The topological polar surface area (TPSA) is 20.2 Å². The van der Waals surface area contributed by atoms with Crippen molar-refractivity contribution in [3.63, 3.8) is 0 Å². The highest BCUT2D eigenvalue weighted by atomic mass is 16.3. The van der Waals surface area contributed by atoms with Crippen LogP contribution in [-0.2, 0) is 0 Å². The summed E-state index contributed by atoms with van der Waals surface area (Å²) in [5, 5.41) is 9.38. The molecular weight excluding hydrogens is 172 g/mol. The Bertz CT molecular complexity index is 340. The van der Waals surface area contributed by atoms with E-state index in [1.165, 1.54) is 0 Å². The van der Waals surface area contributed by atoms with Crippen LogP contribution < -0.4 is 0 Å². The molecule has 0 saturated heterocycles. The van der Waals surface area contributed by atoms with Crippen LogP contribution in [0.4, 0.5) is 0 Å². The fourth-order valence-electron chi connectivity index (χ4n) is 1.02. The number of aliphatic hydroxyl groups excluding tert-OH is 1. The van der Waals surface area contributed by atoms with Gasteiger partial charge in [-0.15, -0.1) is 5.92 Å². The molecule has 14 heavy (non-hydrogen) atoms. The Kier molecular flexibility index (Phi) is 4.54. The summed E-state index contributed by atoms with van der Waals surface area (Å²) in [6, 6.07) is 9.85. The van der Waals surface area contributed by atoms with Gasteiger partial charge in [0.25, 0.3) is 0 Å². The fraction of sp³-hybridized carbons (Fsp3) is 0.231. The first kappa shape index (κ1) is 10.6. The monoisotopic (exact) mass is 186 g/mol. The van der Waals surface area contributed by atoms with E-state index in [0.29, 0.717) is 0 Å². The van der Waals surface area contributed by atoms with Gasteiger partial charge < -0.3 is 5.11 Å². The molecule has 0 fully saturated rings. The Balaban J connectivity index is 2.56. The van der Waals surface area contributed by atoms with Crippen LogP contribution >= 0.6 is 0 Å². The Morgan fingerprint density at radius 3 is 2.71 bits per heavy atom. The van der Waals surface area contributed by atoms with Crippen molar-refractivity contribution in [1.29, 1.82) is 0 Å². The van der Waals surface area contributed by atoms with Crippen molar-refractivity contribution in [3.05, 3.63) is 42.0 Å². The number of rotatable bonds is 2. The SMILES string of the molecule is CCC#CC(O)C=Cc1ccccc1. The van der Waals surface area contributed by atoms with Crippen molar-refractivity contribution in [2.24, 2.45) is 0 Å². The second kappa shape index (κ2) is 6.01. The van der Waals surface area contributed by atoms with Crippen LogP contribution in [0, 0.1) is 11.8 Å². The summed E-state index contributed by atoms with van der Waals surface area (Å²) < 4.78 is 0. The standard InChI is InChI=1S/C13H14O/c1-2-3-9-13(14)11-10-12-7-5-4-6-8-12/h4-8,10-11,13-14H,2H2,1H3. The molecule has 0 spiro atoms. The van der Waals surface area contributed by atoms with Gasteiger partial charge in [-0.3, -0.25) is 0 Å². The van der Waals surface area contributed by atoms with Gasteiger partial charge >= 0.3 is 0 Å². The van der Waals surface area contributed by atoms with Gasteiger partial charge in [0, 0.05) is 6.42 Å². The Morgan fingerprint density at radius 2 is 2.07 bits per heavy atom. The summed E-state index contributed by atoms with van der Waals surface area (Å²) in [6.07, 6.45) is 3.68. The van der Waals surface area contributed by atoms with Gasteiger partial charge in [-0.2, -0.15) is 0 Å². The van der Waals surface area contributed by atoms with Crippen molar-refractivity contribution >= 4 is 6.08 Å². The highest BCUT2D eigenvalue weighted by molar-refractivity contribution is 5.50. The minimum absolute atomic E-state index is 0.657. The van der Waals surface area contributed by atoms with Crippen LogP contribution in [0.15, 0.2) is 36.4 Å². The average molecular weight is 186 g/mol. The van der Waals surface area contributed by atoms with E-state index < -0.39 is 6.10 Å². The van der Waals surface area contributed by atoms with E-state index in [9.17, 15) is 5.11 Å². The van der Waals surface area contributed by atoms with E-state index in [4.69, 9.17) is 0 Å². The summed E-state index contributed by atoms with van der Waals surface area (Å²) in [4.78, 5) is 0. The van der Waals surface area contributed by atoms with Crippen molar-refractivity contribution in [2.45, 2.75) is 19.4 Å². The normalized spacial score (nSPS) is 12.1.